The molecule has 0 fully saturated rings. The molecule has 0 nitrogen and oxygen atoms in total. The zero-order chi connectivity index (χ0) is 9.23. The predicted octanol–water partition coefficient (Wildman–Crippen LogP) is 4.09. The van der Waals surface area contributed by atoms with E-state index in [4.69, 9.17) is 23.2 Å². The summed E-state index contributed by atoms with van der Waals surface area (Å²) in [6.07, 6.45) is 2.53. The zero-order valence-electron chi connectivity index (χ0n) is 7.04. The molecule has 0 aromatic heterocycles. The van der Waals surface area contributed by atoms with Crippen LogP contribution in [0.4, 0.5) is 0 Å². The number of rotatable bonds is 6. The van der Waals surface area contributed by atoms with E-state index in [1.807, 2.05) is 10.0 Å². The predicted molar refractivity (Wildman–Crippen MR) is 63.1 cm³/mol. The van der Waals surface area contributed by atoms with Crippen LogP contribution in [-0.4, -0.2) is 19.2 Å². The first-order valence-corrected chi connectivity index (χ1v) is 10.1. The molecule has 12 heavy (non-hydrogen) atoms. The van der Waals surface area contributed by atoms with Gasteiger partial charge in [-0.15, -0.1) is 0 Å². The molecule has 0 saturated carbocycles. The fourth-order valence-corrected chi connectivity index (χ4v) is 7.85. The van der Waals surface area contributed by atoms with Crippen molar-refractivity contribution in [1.82, 2.24) is 0 Å². The molecule has 0 aliphatic heterocycles. The Balaban J connectivity index is 3.63. The van der Waals surface area contributed by atoms with Crippen molar-refractivity contribution in [1.29, 1.82) is 0 Å². The number of unbranched alkanes of at least 4 members (excludes halogenated alkanes) is 1. The molecule has 4 heteroatoms. The number of hydrogen-bond acceptors (Lipinski definition) is 1. The third kappa shape index (κ3) is 7.61. The van der Waals surface area contributed by atoms with Crippen LogP contribution in [0, 0.1) is 0 Å². The summed E-state index contributed by atoms with van der Waals surface area (Å²) in [7, 11) is 2.00. The van der Waals surface area contributed by atoms with Crippen molar-refractivity contribution in [3.05, 3.63) is 20.8 Å². The summed E-state index contributed by atoms with van der Waals surface area (Å²) < 4.78 is 0. The molecule has 0 aliphatic carbocycles. The quantitative estimate of drug-likeness (QED) is 0.523. The number of hydrogen-bond donors (Lipinski definition) is 0. The van der Waals surface area contributed by atoms with E-state index in [0.29, 0.717) is 0 Å². The van der Waals surface area contributed by atoms with E-state index in [0.717, 1.165) is 0 Å². The van der Waals surface area contributed by atoms with Crippen LogP contribution in [0.1, 0.15) is 19.8 Å². The third-order valence-electron chi connectivity index (χ3n) is 1.14. The third-order valence-corrected chi connectivity index (χ3v) is 9.08. The van der Waals surface area contributed by atoms with Crippen LogP contribution >= 0.6 is 33.2 Å². The Morgan fingerprint density at radius 1 is 1.25 bits per heavy atom. The SMILES string of the molecule is CCCCS[As](/C=C/Cl)/C=C/Cl. The van der Waals surface area contributed by atoms with Gasteiger partial charge >= 0.3 is 93.0 Å². The maximum atomic E-state index is 5.51. The Kier molecular flexibility index (Phi) is 10.9. The van der Waals surface area contributed by atoms with Gasteiger partial charge in [-0.05, 0) is 0 Å². The summed E-state index contributed by atoms with van der Waals surface area (Å²) in [5.74, 6) is 1.22. The monoisotopic (exact) mass is 286 g/mol. The molecule has 0 rings (SSSR count). The second-order valence-corrected chi connectivity index (χ2v) is 9.84. The van der Waals surface area contributed by atoms with Gasteiger partial charge < -0.3 is 0 Å². The molecule has 0 spiro atoms. The molecule has 0 heterocycles. The minimum absolute atomic E-state index is 1.04. The standard InChI is InChI=1S/C8H13AsCl2S/c1-2-3-8-12-9(4-6-10)5-7-11/h4-7H,2-3,8H2,1H3/b6-4+,7-5+. The Morgan fingerprint density at radius 3 is 2.25 bits per heavy atom. The van der Waals surface area contributed by atoms with Gasteiger partial charge in [0.15, 0.2) is 0 Å². The topological polar surface area (TPSA) is 0 Å². The van der Waals surface area contributed by atoms with E-state index in [9.17, 15) is 0 Å². The van der Waals surface area contributed by atoms with E-state index in [1.165, 1.54) is 18.6 Å². The van der Waals surface area contributed by atoms with Gasteiger partial charge in [-0.3, -0.25) is 0 Å². The Labute approximate surface area is 92.6 Å². The van der Waals surface area contributed by atoms with Gasteiger partial charge in [0.1, 0.15) is 0 Å². The van der Waals surface area contributed by atoms with Crippen LogP contribution in [0.25, 0.3) is 0 Å². The molecule has 0 aliphatic rings. The summed E-state index contributed by atoms with van der Waals surface area (Å²) in [6.45, 7) is 2.20. The summed E-state index contributed by atoms with van der Waals surface area (Å²) in [4.78, 5) is 4.15. The Morgan fingerprint density at radius 2 is 1.83 bits per heavy atom. The molecule has 0 amide bonds. The van der Waals surface area contributed by atoms with Gasteiger partial charge in [0.25, 0.3) is 0 Å². The fourth-order valence-electron chi connectivity index (χ4n) is 0.561. The molecule has 0 aromatic carbocycles. The first kappa shape index (κ1) is 13.0. The summed E-state index contributed by atoms with van der Waals surface area (Å²) in [6, 6.07) is 0. The summed E-state index contributed by atoms with van der Waals surface area (Å²) >= 11 is 9.98. The van der Waals surface area contributed by atoms with E-state index >= 15 is 0 Å². The van der Waals surface area contributed by atoms with Crippen LogP contribution in [0.5, 0.6) is 0 Å². The van der Waals surface area contributed by atoms with Gasteiger partial charge in [0.05, 0.1) is 0 Å². The molecular formula is C8H13AsCl2S. The van der Waals surface area contributed by atoms with E-state index in [1.54, 1.807) is 11.1 Å². The van der Waals surface area contributed by atoms with E-state index in [2.05, 4.69) is 16.7 Å². The second-order valence-electron chi connectivity index (χ2n) is 2.10. The van der Waals surface area contributed by atoms with Gasteiger partial charge in [0, 0.05) is 0 Å². The molecule has 0 saturated heterocycles. The summed E-state index contributed by atoms with van der Waals surface area (Å²) in [5, 5.41) is 0. The average molecular weight is 287 g/mol. The van der Waals surface area contributed by atoms with Crippen molar-refractivity contribution in [2.45, 2.75) is 19.8 Å². The molecule has 0 N–H and O–H groups in total. The van der Waals surface area contributed by atoms with Crippen LogP contribution < -0.4 is 0 Å². The van der Waals surface area contributed by atoms with Crippen LogP contribution in [0.3, 0.4) is 0 Å². The molecule has 0 aromatic rings. The maximum absolute atomic E-state index is 5.51. The van der Waals surface area contributed by atoms with Crippen molar-refractivity contribution in [2.24, 2.45) is 0 Å². The van der Waals surface area contributed by atoms with Crippen LogP contribution in [0.2, 0.25) is 0 Å². The molecular weight excluding hydrogens is 274 g/mol. The average Bonchev–Trinajstić information content (AvgIpc) is 2.06. The van der Waals surface area contributed by atoms with Crippen molar-refractivity contribution < 1.29 is 0 Å². The van der Waals surface area contributed by atoms with Crippen molar-refractivity contribution in [3.8, 4) is 0 Å². The zero-order valence-corrected chi connectivity index (χ0v) is 11.2. The van der Waals surface area contributed by atoms with E-state index < -0.39 is 13.5 Å². The molecule has 0 unspecified atom stereocenters. The first-order chi connectivity index (χ1) is 5.85. The molecule has 70 valence electrons. The van der Waals surface area contributed by atoms with E-state index in [-0.39, 0.29) is 0 Å². The van der Waals surface area contributed by atoms with Gasteiger partial charge in [-0.25, -0.2) is 0 Å². The van der Waals surface area contributed by atoms with Crippen molar-refractivity contribution in [3.63, 3.8) is 0 Å². The number of halogens is 2. The molecule has 0 radical (unpaired) electrons. The van der Waals surface area contributed by atoms with Crippen molar-refractivity contribution >= 4 is 46.7 Å². The Hall–Kier alpha value is 0.968. The first-order valence-electron chi connectivity index (χ1n) is 3.80. The molecule has 0 atom stereocenters. The second kappa shape index (κ2) is 10.1. The Bertz CT molecular complexity index is 136. The molecule has 0 bridgehead atoms. The van der Waals surface area contributed by atoms with Gasteiger partial charge in [-0.1, -0.05) is 0 Å². The normalized spacial score (nSPS) is 12.3. The summed E-state index contributed by atoms with van der Waals surface area (Å²) in [5.41, 5.74) is 3.21. The fraction of sp³-hybridized carbons (Fsp3) is 0.500. The van der Waals surface area contributed by atoms with Crippen LogP contribution in [0.15, 0.2) is 20.8 Å². The van der Waals surface area contributed by atoms with Crippen LogP contribution in [-0.2, 0) is 0 Å². The minimum atomic E-state index is -1.04. The van der Waals surface area contributed by atoms with Crippen molar-refractivity contribution in [2.75, 3.05) is 5.75 Å². The van der Waals surface area contributed by atoms with Gasteiger partial charge in [-0.2, -0.15) is 0 Å². The van der Waals surface area contributed by atoms with Gasteiger partial charge in [0.2, 0.25) is 0 Å².